The molecule has 1 aliphatic rings. The Labute approximate surface area is 190 Å². The molecular formula is C23H28N4O2S2. The summed E-state index contributed by atoms with van der Waals surface area (Å²) >= 11 is 2.89. The zero-order valence-electron chi connectivity index (χ0n) is 18.5. The molecule has 1 fully saturated rings. The molecule has 3 heterocycles. The van der Waals surface area contributed by atoms with Crippen LogP contribution in [0.1, 0.15) is 21.6 Å². The van der Waals surface area contributed by atoms with Crippen LogP contribution in [0.3, 0.4) is 0 Å². The second-order valence-corrected chi connectivity index (χ2v) is 10.3. The highest BCUT2D eigenvalue weighted by Crippen LogP contribution is 2.28. The number of nitrogens with zero attached hydrogens (tertiary/aromatic N) is 4. The van der Waals surface area contributed by atoms with Gasteiger partial charge in [0.1, 0.15) is 4.83 Å². The summed E-state index contributed by atoms with van der Waals surface area (Å²) in [5, 5.41) is 1.30. The second kappa shape index (κ2) is 9.14. The predicted octanol–water partition coefficient (Wildman–Crippen LogP) is 3.36. The van der Waals surface area contributed by atoms with Gasteiger partial charge >= 0.3 is 0 Å². The summed E-state index contributed by atoms with van der Waals surface area (Å²) in [5.41, 5.74) is 3.56. The fraction of sp³-hybridized carbons (Fsp3) is 0.435. The molecule has 0 atom stereocenters. The van der Waals surface area contributed by atoms with Crippen molar-refractivity contribution in [2.75, 3.05) is 31.9 Å². The topological polar surface area (TPSA) is 58.4 Å². The lowest BCUT2D eigenvalue weighted by molar-refractivity contribution is -0.130. The molecule has 1 saturated heterocycles. The number of carbonyl (C=O) groups excluding carboxylic acids is 1. The number of piperazine rings is 1. The van der Waals surface area contributed by atoms with E-state index in [0.29, 0.717) is 16.3 Å². The van der Waals surface area contributed by atoms with Gasteiger partial charge in [-0.3, -0.25) is 19.1 Å². The highest BCUT2D eigenvalue weighted by Gasteiger charge is 2.22. The molecule has 0 unspecified atom stereocenters. The minimum atomic E-state index is -0.0356. The van der Waals surface area contributed by atoms with E-state index in [-0.39, 0.29) is 11.5 Å². The van der Waals surface area contributed by atoms with Crippen molar-refractivity contribution in [3.63, 3.8) is 0 Å². The fourth-order valence-corrected chi connectivity index (χ4v) is 5.87. The van der Waals surface area contributed by atoms with Crippen molar-refractivity contribution in [2.45, 2.75) is 32.5 Å². The summed E-state index contributed by atoms with van der Waals surface area (Å²) < 4.78 is 1.57. The highest BCUT2D eigenvalue weighted by molar-refractivity contribution is 7.99. The Morgan fingerprint density at radius 1 is 1.16 bits per heavy atom. The molecule has 4 rings (SSSR count). The van der Waals surface area contributed by atoms with Crippen molar-refractivity contribution in [1.82, 2.24) is 19.4 Å². The quantitative estimate of drug-likeness (QED) is 0.435. The average molecular weight is 457 g/mol. The first-order chi connectivity index (χ1) is 14.8. The van der Waals surface area contributed by atoms with E-state index in [1.54, 1.807) is 23.0 Å². The standard InChI is InChI=1S/C23H28N4O2S2/c1-15-6-5-7-18(12-15)13-26-8-10-27(11-9-26)19(28)14-30-23-24-21-20(22(29)25(23)4)16(2)17(3)31-21/h5-7,12H,8-11,13-14H2,1-4H3. The highest BCUT2D eigenvalue weighted by atomic mass is 32.2. The van der Waals surface area contributed by atoms with Gasteiger partial charge in [-0.15, -0.1) is 11.3 Å². The number of thioether (sulfide) groups is 1. The smallest absolute Gasteiger partial charge is 0.262 e. The van der Waals surface area contributed by atoms with E-state index in [1.165, 1.54) is 22.9 Å². The van der Waals surface area contributed by atoms with Crippen molar-refractivity contribution >= 4 is 39.2 Å². The minimum Gasteiger partial charge on any atom is -0.339 e. The van der Waals surface area contributed by atoms with Crippen LogP contribution in [0.5, 0.6) is 0 Å². The Morgan fingerprint density at radius 2 is 1.90 bits per heavy atom. The van der Waals surface area contributed by atoms with Gasteiger partial charge < -0.3 is 4.90 Å². The maximum Gasteiger partial charge on any atom is 0.262 e. The van der Waals surface area contributed by atoms with Crippen LogP contribution >= 0.6 is 23.1 Å². The van der Waals surface area contributed by atoms with Gasteiger partial charge in [-0.25, -0.2) is 4.98 Å². The summed E-state index contributed by atoms with van der Waals surface area (Å²) in [6, 6.07) is 8.59. The largest absolute Gasteiger partial charge is 0.339 e. The number of benzene rings is 1. The summed E-state index contributed by atoms with van der Waals surface area (Å²) in [6.07, 6.45) is 0. The normalized spacial score (nSPS) is 15.0. The molecule has 0 N–H and O–H groups in total. The van der Waals surface area contributed by atoms with Crippen LogP contribution in [-0.4, -0.2) is 57.2 Å². The molecule has 0 saturated carbocycles. The summed E-state index contributed by atoms with van der Waals surface area (Å²) in [5.74, 6) is 0.403. The van der Waals surface area contributed by atoms with E-state index < -0.39 is 0 Å². The number of amides is 1. The van der Waals surface area contributed by atoms with Gasteiger partial charge in [-0.1, -0.05) is 41.6 Å². The zero-order chi connectivity index (χ0) is 22.1. The number of hydrogen-bond acceptors (Lipinski definition) is 6. The molecule has 164 valence electrons. The van der Waals surface area contributed by atoms with Crippen molar-refractivity contribution in [3.05, 3.63) is 56.2 Å². The Morgan fingerprint density at radius 3 is 2.61 bits per heavy atom. The summed E-state index contributed by atoms with van der Waals surface area (Å²) in [7, 11) is 1.73. The first-order valence-corrected chi connectivity index (χ1v) is 12.3. The van der Waals surface area contributed by atoms with Gasteiger partial charge in [0.25, 0.3) is 5.56 Å². The molecule has 6 nitrogen and oxygen atoms in total. The van der Waals surface area contributed by atoms with Gasteiger partial charge in [0.2, 0.25) is 5.91 Å². The van der Waals surface area contributed by atoms with Crippen LogP contribution in [0.2, 0.25) is 0 Å². The van der Waals surface area contributed by atoms with Gasteiger partial charge in [0.05, 0.1) is 11.1 Å². The molecule has 1 aliphatic heterocycles. The lowest BCUT2D eigenvalue weighted by Gasteiger charge is -2.34. The SMILES string of the molecule is Cc1cccc(CN2CCN(C(=O)CSc3nc4sc(C)c(C)c4c(=O)n3C)CC2)c1. The van der Waals surface area contributed by atoms with E-state index in [4.69, 9.17) is 0 Å². The fourth-order valence-electron chi connectivity index (χ4n) is 3.93. The molecule has 2 aromatic heterocycles. The molecule has 1 amide bonds. The van der Waals surface area contributed by atoms with Gasteiger partial charge in [-0.2, -0.15) is 0 Å². The van der Waals surface area contributed by atoms with Crippen molar-refractivity contribution in [2.24, 2.45) is 7.05 Å². The maximum atomic E-state index is 12.8. The Bertz CT molecular complexity index is 1180. The van der Waals surface area contributed by atoms with Crippen LogP contribution < -0.4 is 5.56 Å². The van der Waals surface area contributed by atoms with Crippen LogP contribution in [0, 0.1) is 20.8 Å². The monoisotopic (exact) mass is 456 g/mol. The van der Waals surface area contributed by atoms with Crippen LogP contribution in [0.15, 0.2) is 34.2 Å². The molecule has 0 bridgehead atoms. The van der Waals surface area contributed by atoms with Crippen molar-refractivity contribution in [3.8, 4) is 0 Å². The molecule has 1 aromatic carbocycles. The first kappa shape index (κ1) is 22.0. The molecule has 8 heteroatoms. The third-order valence-electron chi connectivity index (χ3n) is 5.91. The van der Waals surface area contributed by atoms with E-state index >= 15 is 0 Å². The lowest BCUT2D eigenvalue weighted by atomic mass is 10.1. The second-order valence-electron chi connectivity index (χ2n) is 8.16. The van der Waals surface area contributed by atoms with E-state index in [2.05, 4.69) is 41.1 Å². The molecule has 0 aliphatic carbocycles. The van der Waals surface area contributed by atoms with Gasteiger partial charge in [0, 0.05) is 44.6 Å². The van der Waals surface area contributed by atoms with Gasteiger partial charge in [0.15, 0.2) is 5.16 Å². The van der Waals surface area contributed by atoms with Crippen LogP contribution in [-0.2, 0) is 18.4 Å². The maximum absolute atomic E-state index is 12.8. The Balaban J connectivity index is 1.35. The number of aromatic nitrogens is 2. The summed E-state index contributed by atoms with van der Waals surface area (Å²) in [4.78, 5) is 36.4. The summed E-state index contributed by atoms with van der Waals surface area (Å²) in [6.45, 7) is 10.2. The van der Waals surface area contributed by atoms with Crippen molar-refractivity contribution in [1.29, 1.82) is 0 Å². The lowest BCUT2D eigenvalue weighted by Crippen LogP contribution is -2.48. The number of aryl methyl sites for hydroxylation is 3. The molecule has 3 aromatic rings. The molecule has 0 spiro atoms. The molecule has 31 heavy (non-hydrogen) atoms. The van der Waals surface area contributed by atoms with Crippen LogP contribution in [0.4, 0.5) is 0 Å². The Hall–Kier alpha value is -2.16. The zero-order valence-corrected chi connectivity index (χ0v) is 20.1. The van der Waals surface area contributed by atoms with Crippen molar-refractivity contribution < 1.29 is 4.79 Å². The molecular weight excluding hydrogens is 428 g/mol. The third-order valence-corrected chi connectivity index (χ3v) is 8.02. The van der Waals surface area contributed by atoms with E-state index in [0.717, 1.165) is 48.0 Å². The first-order valence-electron chi connectivity index (χ1n) is 10.5. The van der Waals surface area contributed by atoms with Gasteiger partial charge in [-0.05, 0) is 31.9 Å². The number of carbonyl (C=O) groups is 1. The predicted molar refractivity (Wildman–Crippen MR) is 128 cm³/mol. The third kappa shape index (κ3) is 4.71. The van der Waals surface area contributed by atoms with E-state index in [1.807, 2.05) is 18.7 Å². The number of rotatable bonds is 5. The van der Waals surface area contributed by atoms with E-state index in [9.17, 15) is 9.59 Å². The number of thiophene rings is 1. The number of hydrogen-bond donors (Lipinski definition) is 0. The minimum absolute atomic E-state index is 0.0356. The Kier molecular flexibility index (Phi) is 6.50. The van der Waals surface area contributed by atoms with Crippen LogP contribution in [0.25, 0.3) is 10.2 Å². The average Bonchev–Trinajstić information content (AvgIpc) is 3.03. The number of fused-ring (bicyclic) bond motifs is 1. The molecule has 0 radical (unpaired) electrons.